The minimum Gasteiger partial charge on any atom is -0.496 e. The Hall–Kier alpha value is -3.22. The van der Waals surface area contributed by atoms with Gasteiger partial charge in [0.1, 0.15) is 11.6 Å². The molecule has 7 heteroatoms. The van der Waals surface area contributed by atoms with E-state index >= 15 is 0 Å². The molecule has 4 rings (SSSR count). The molecule has 32 heavy (non-hydrogen) atoms. The third-order valence-corrected chi connectivity index (χ3v) is 5.89. The molecule has 0 bridgehead atoms. The number of aryl methyl sites for hydroxylation is 1. The van der Waals surface area contributed by atoms with Gasteiger partial charge in [-0.15, -0.1) is 0 Å². The second-order valence-electron chi connectivity index (χ2n) is 9.34. The average Bonchev–Trinajstić information content (AvgIpc) is 3.23. The zero-order valence-corrected chi connectivity index (χ0v) is 19.4. The van der Waals surface area contributed by atoms with Crippen molar-refractivity contribution in [3.63, 3.8) is 0 Å². The standard InChI is InChI=1S/C25H30N4O3/c1-16-14-21(32-28-16)19-15-26-24(25(2,3)4)27-22(19)17-10-12-29(13-11-17)23(30)18-8-6-7-9-20(18)31-5/h6-9,14-15,17H,10-13H2,1-5H3. The lowest BCUT2D eigenvalue weighted by molar-refractivity contribution is 0.0708. The molecule has 3 heterocycles. The summed E-state index contributed by atoms with van der Waals surface area (Å²) >= 11 is 0. The van der Waals surface area contributed by atoms with Crippen LogP contribution in [0.4, 0.5) is 0 Å². The first-order valence-electron chi connectivity index (χ1n) is 11.0. The normalized spacial score (nSPS) is 15.1. The third kappa shape index (κ3) is 4.38. The van der Waals surface area contributed by atoms with Gasteiger partial charge in [0.25, 0.3) is 5.91 Å². The summed E-state index contributed by atoms with van der Waals surface area (Å²) in [5.41, 5.74) is 3.12. The Balaban J connectivity index is 1.59. The van der Waals surface area contributed by atoms with E-state index < -0.39 is 0 Å². The molecule has 3 aromatic rings. The average molecular weight is 435 g/mol. The zero-order valence-electron chi connectivity index (χ0n) is 19.4. The second-order valence-corrected chi connectivity index (χ2v) is 9.34. The molecule has 1 amide bonds. The predicted molar refractivity (Wildman–Crippen MR) is 122 cm³/mol. The van der Waals surface area contributed by atoms with Gasteiger partial charge in [0.2, 0.25) is 0 Å². The zero-order chi connectivity index (χ0) is 22.9. The van der Waals surface area contributed by atoms with Gasteiger partial charge < -0.3 is 14.2 Å². The molecular formula is C25H30N4O3. The molecule has 0 atom stereocenters. The summed E-state index contributed by atoms with van der Waals surface area (Å²) in [4.78, 5) is 24.6. The van der Waals surface area contributed by atoms with Crippen LogP contribution in [0.2, 0.25) is 0 Å². The molecule has 2 aromatic heterocycles. The van der Waals surface area contributed by atoms with E-state index in [0.717, 1.165) is 35.6 Å². The van der Waals surface area contributed by atoms with Crippen LogP contribution in [0, 0.1) is 6.92 Å². The van der Waals surface area contributed by atoms with Crippen LogP contribution >= 0.6 is 0 Å². The highest BCUT2D eigenvalue weighted by Gasteiger charge is 2.30. The first-order valence-corrected chi connectivity index (χ1v) is 11.0. The molecule has 0 aliphatic carbocycles. The number of nitrogens with zero attached hydrogens (tertiary/aromatic N) is 4. The summed E-state index contributed by atoms with van der Waals surface area (Å²) in [6.45, 7) is 9.55. The van der Waals surface area contributed by atoms with Crippen molar-refractivity contribution in [3.8, 4) is 17.1 Å². The van der Waals surface area contributed by atoms with E-state index in [0.29, 0.717) is 30.2 Å². The van der Waals surface area contributed by atoms with Crippen molar-refractivity contribution >= 4 is 5.91 Å². The van der Waals surface area contributed by atoms with Gasteiger partial charge >= 0.3 is 0 Å². The minimum absolute atomic E-state index is 0.00468. The molecule has 0 radical (unpaired) electrons. The number of methoxy groups -OCH3 is 1. The molecule has 7 nitrogen and oxygen atoms in total. The van der Waals surface area contributed by atoms with Crippen LogP contribution in [-0.2, 0) is 5.41 Å². The van der Waals surface area contributed by atoms with Gasteiger partial charge in [0.05, 0.1) is 29.6 Å². The van der Waals surface area contributed by atoms with Gasteiger partial charge in [-0.25, -0.2) is 9.97 Å². The number of carbonyl (C=O) groups is 1. The van der Waals surface area contributed by atoms with Gasteiger partial charge in [-0.1, -0.05) is 38.1 Å². The maximum Gasteiger partial charge on any atom is 0.257 e. The van der Waals surface area contributed by atoms with Crippen molar-refractivity contribution in [1.29, 1.82) is 0 Å². The van der Waals surface area contributed by atoms with E-state index in [1.165, 1.54) is 0 Å². The Bertz CT molecular complexity index is 1110. The van der Waals surface area contributed by atoms with E-state index in [-0.39, 0.29) is 17.2 Å². The number of amides is 1. The minimum atomic E-state index is -0.162. The number of benzene rings is 1. The molecule has 0 N–H and O–H groups in total. The Morgan fingerprint density at radius 2 is 1.91 bits per heavy atom. The highest BCUT2D eigenvalue weighted by Crippen LogP contribution is 2.36. The van der Waals surface area contributed by atoms with Gasteiger partial charge in [0, 0.05) is 36.7 Å². The fraction of sp³-hybridized carbons (Fsp3) is 0.440. The SMILES string of the molecule is COc1ccccc1C(=O)N1CCC(c2nc(C(C)(C)C)ncc2-c2cc(C)no2)CC1. The lowest BCUT2D eigenvalue weighted by Crippen LogP contribution is -2.38. The van der Waals surface area contributed by atoms with Crippen LogP contribution in [0.5, 0.6) is 5.75 Å². The van der Waals surface area contributed by atoms with E-state index in [2.05, 4.69) is 30.9 Å². The number of para-hydroxylation sites is 1. The Labute approximate surface area is 188 Å². The van der Waals surface area contributed by atoms with Gasteiger partial charge in [-0.05, 0) is 31.9 Å². The summed E-state index contributed by atoms with van der Waals surface area (Å²) in [6, 6.07) is 9.29. The summed E-state index contributed by atoms with van der Waals surface area (Å²) in [5.74, 6) is 2.31. The molecular weight excluding hydrogens is 404 g/mol. The summed E-state index contributed by atoms with van der Waals surface area (Å²) < 4.78 is 10.9. The third-order valence-electron chi connectivity index (χ3n) is 5.89. The van der Waals surface area contributed by atoms with Gasteiger partial charge in [0.15, 0.2) is 5.76 Å². The van der Waals surface area contributed by atoms with E-state index in [9.17, 15) is 4.79 Å². The predicted octanol–water partition coefficient (Wildman–Crippen LogP) is 4.77. The molecule has 1 fully saturated rings. The fourth-order valence-electron chi connectivity index (χ4n) is 4.10. The quantitative estimate of drug-likeness (QED) is 0.589. The van der Waals surface area contributed by atoms with E-state index in [1.807, 2.05) is 48.4 Å². The number of hydrogen-bond acceptors (Lipinski definition) is 6. The van der Waals surface area contributed by atoms with Crippen LogP contribution in [0.25, 0.3) is 11.3 Å². The molecule has 0 spiro atoms. The summed E-state index contributed by atoms with van der Waals surface area (Å²) in [5, 5.41) is 4.04. The molecule has 1 aliphatic heterocycles. The summed E-state index contributed by atoms with van der Waals surface area (Å²) in [7, 11) is 1.59. The van der Waals surface area contributed by atoms with Crippen LogP contribution < -0.4 is 4.74 Å². The van der Waals surface area contributed by atoms with Crippen LogP contribution in [-0.4, -0.2) is 46.1 Å². The lowest BCUT2D eigenvalue weighted by atomic mass is 9.88. The number of carbonyl (C=O) groups excluding carboxylic acids is 1. The molecule has 168 valence electrons. The van der Waals surface area contributed by atoms with Gasteiger partial charge in [-0.2, -0.15) is 0 Å². The fourth-order valence-corrected chi connectivity index (χ4v) is 4.10. The van der Waals surface area contributed by atoms with Crippen molar-refractivity contribution in [2.24, 2.45) is 0 Å². The monoisotopic (exact) mass is 434 g/mol. The number of piperidine rings is 1. The number of aromatic nitrogens is 3. The molecule has 1 saturated heterocycles. The van der Waals surface area contributed by atoms with E-state index in [4.69, 9.17) is 14.2 Å². The van der Waals surface area contributed by atoms with Crippen LogP contribution in [0.15, 0.2) is 41.1 Å². The first-order chi connectivity index (χ1) is 15.3. The van der Waals surface area contributed by atoms with Crippen LogP contribution in [0.3, 0.4) is 0 Å². The Morgan fingerprint density at radius 1 is 1.19 bits per heavy atom. The van der Waals surface area contributed by atoms with Crippen LogP contribution in [0.1, 0.15) is 67.1 Å². The number of rotatable bonds is 4. The largest absolute Gasteiger partial charge is 0.496 e. The second kappa shape index (κ2) is 8.73. The van der Waals surface area contributed by atoms with Crippen molar-refractivity contribution in [3.05, 3.63) is 59.3 Å². The maximum atomic E-state index is 13.1. The number of likely N-dealkylation sites (tertiary alicyclic amines) is 1. The molecule has 1 aromatic carbocycles. The smallest absolute Gasteiger partial charge is 0.257 e. The summed E-state index contributed by atoms with van der Waals surface area (Å²) in [6.07, 6.45) is 3.50. The molecule has 1 aliphatic rings. The van der Waals surface area contributed by atoms with Gasteiger partial charge in [-0.3, -0.25) is 4.79 Å². The Kier molecular flexibility index (Phi) is 6.00. The van der Waals surface area contributed by atoms with Crippen molar-refractivity contribution < 1.29 is 14.1 Å². The number of ether oxygens (including phenoxy) is 1. The maximum absolute atomic E-state index is 13.1. The highest BCUT2D eigenvalue weighted by molar-refractivity contribution is 5.97. The number of hydrogen-bond donors (Lipinski definition) is 0. The van der Waals surface area contributed by atoms with Crippen molar-refractivity contribution in [1.82, 2.24) is 20.0 Å². The van der Waals surface area contributed by atoms with Crippen molar-refractivity contribution in [2.75, 3.05) is 20.2 Å². The molecule has 0 unspecified atom stereocenters. The van der Waals surface area contributed by atoms with Crippen molar-refractivity contribution in [2.45, 2.75) is 51.9 Å². The Morgan fingerprint density at radius 3 is 2.53 bits per heavy atom. The first kappa shape index (κ1) is 22.0. The topological polar surface area (TPSA) is 81.4 Å². The van der Waals surface area contributed by atoms with E-state index in [1.54, 1.807) is 7.11 Å². The lowest BCUT2D eigenvalue weighted by Gasteiger charge is -2.33. The molecule has 0 saturated carbocycles. The highest BCUT2D eigenvalue weighted by atomic mass is 16.5.